The first-order valence-corrected chi connectivity index (χ1v) is 15.6. The Labute approximate surface area is 261 Å². The van der Waals surface area contributed by atoms with Crippen LogP contribution in [0, 0.1) is 0 Å². The van der Waals surface area contributed by atoms with E-state index in [-0.39, 0.29) is 22.4 Å². The minimum absolute atomic E-state index is 0. The summed E-state index contributed by atoms with van der Waals surface area (Å²) in [4.78, 5) is 21.0. The number of hydrogen-bond acceptors (Lipinski definition) is 0. The summed E-state index contributed by atoms with van der Waals surface area (Å²) >= 11 is 0. The van der Waals surface area contributed by atoms with Crippen LogP contribution >= 0.6 is 0 Å². The summed E-state index contributed by atoms with van der Waals surface area (Å²) in [6.45, 7) is 17.9. The smallest absolute Gasteiger partial charge is 0 e. The van der Waals surface area contributed by atoms with Crippen molar-refractivity contribution in [3.05, 3.63) is 88.7 Å². The molecule has 4 aromatic heterocycles. The van der Waals surface area contributed by atoms with Crippen molar-refractivity contribution in [3.8, 4) is 0 Å². The van der Waals surface area contributed by atoms with Crippen molar-refractivity contribution in [1.82, 2.24) is 19.9 Å². The van der Waals surface area contributed by atoms with Gasteiger partial charge in [-0.15, -0.1) is 44.2 Å². The molecule has 1 radical (unpaired) electrons. The van der Waals surface area contributed by atoms with Gasteiger partial charge in [-0.25, -0.2) is 0 Å². The minimum atomic E-state index is 0. The SMILES string of the molecule is CCc1c2[n-]c(c1CC)/C=c1\[n-]/c(c(CC)c1CC)=C\c1[n-]c(c(CC)c1CC)/C=c1\[n-]/c(c(CC)c1CC)=C\2.[Au]. The number of fused-ring (bicyclic) bond motifs is 8. The van der Waals surface area contributed by atoms with Crippen molar-refractivity contribution < 1.29 is 22.4 Å². The molecule has 0 atom stereocenters. The van der Waals surface area contributed by atoms with Crippen LogP contribution in [0.1, 0.15) is 123 Å². The molecule has 8 bridgehead atoms. The molecule has 223 valence electrons. The van der Waals surface area contributed by atoms with E-state index in [2.05, 4.69) is 79.7 Å². The normalized spacial score (nSPS) is 15.6. The monoisotopic (exact) mass is 729 g/mol. The Kier molecular flexibility index (Phi) is 10.00. The molecular formula is C36H44AuN4-4. The van der Waals surface area contributed by atoms with E-state index in [1.807, 2.05) is 0 Å². The zero-order valence-corrected chi connectivity index (χ0v) is 28.2. The van der Waals surface area contributed by atoms with Gasteiger partial charge < -0.3 is 19.9 Å². The minimum Gasteiger partial charge on any atom is -0.657 e. The van der Waals surface area contributed by atoms with Gasteiger partial charge >= 0.3 is 0 Å². The van der Waals surface area contributed by atoms with Crippen LogP contribution in [0.4, 0.5) is 0 Å². The fourth-order valence-corrected chi connectivity index (χ4v) is 6.92. The molecule has 5 heteroatoms. The van der Waals surface area contributed by atoms with E-state index >= 15 is 0 Å². The predicted octanol–water partition coefficient (Wildman–Crippen LogP) is 3.64. The van der Waals surface area contributed by atoms with Gasteiger partial charge in [-0.3, -0.25) is 0 Å². The maximum atomic E-state index is 5.25. The van der Waals surface area contributed by atoms with Gasteiger partial charge in [-0.05, 0) is 51.4 Å². The second kappa shape index (κ2) is 13.1. The Morgan fingerprint density at radius 1 is 0.317 bits per heavy atom. The first-order valence-electron chi connectivity index (χ1n) is 15.6. The van der Waals surface area contributed by atoms with Gasteiger partial charge in [-0.2, -0.15) is 0 Å². The van der Waals surface area contributed by atoms with Crippen LogP contribution in [0.3, 0.4) is 0 Å². The van der Waals surface area contributed by atoms with Crippen molar-refractivity contribution in [1.29, 1.82) is 0 Å². The van der Waals surface area contributed by atoms with Gasteiger partial charge in [0.1, 0.15) is 0 Å². The number of nitrogens with zero attached hydrogens (tertiary/aromatic N) is 4. The molecule has 5 rings (SSSR count). The van der Waals surface area contributed by atoms with Gasteiger partial charge in [0, 0.05) is 22.4 Å². The maximum Gasteiger partial charge on any atom is 0 e. The summed E-state index contributed by atoms with van der Waals surface area (Å²) < 4.78 is 0. The van der Waals surface area contributed by atoms with Crippen molar-refractivity contribution in [2.24, 2.45) is 0 Å². The van der Waals surface area contributed by atoms with Gasteiger partial charge in [0.05, 0.1) is 0 Å². The first-order chi connectivity index (χ1) is 19.5. The summed E-state index contributed by atoms with van der Waals surface area (Å²) in [5.74, 6) is 0. The Morgan fingerprint density at radius 2 is 0.512 bits per heavy atom. The molecule has 0 aliphatic carbocycles. The quantitative estimate of drug-likeness (QED) is 0.229. The van der Waals surface area contributed by atoms with E-state index in [0.29, 0.717) is 0 Å². The van der Waals surface area contributed by atoms with Crippen molar-refractivity contribution >= 4 is 24.3 Å². The van der Waals surface area contributed by atoms with Gasteiger partial charge in [0.2, 0.25) is 0 Å². The van der Waals surface area contributed by atoms with Crippen molar-refractivity contribution in [3.63, 3.8) is 0 Å². The van der Waals surface area contributed by atoms with Crippen LogP contribution in [-0.2, 0) is 73.7 Å². The largest absolute Gasteiger partial charge is 0.657 e. The van der Waals surface area contributed by atoms with Crippen LogP contribution < -0.4 is 41.3 Å². The maximum absolute atomic E-state index is 5.25. The summed E-state index contributed by atoms with van der Waals surface area (Å²) in [7, 11) is 0. The summed E-state index contributed by atoms with van der Waals surface area (Å²) in [6, 6.07) is 0. The zero-order valence-electron chi connectivity index (χ0n) is 26.1. The molecule has 0 fully saturated rings. The molecule has 4 aromatic rings. The molecule has 0 saturated heterocycles. The van der Waals surface area contributed by atoms with Crippen molar-refractivity contribution in [2.75, 3.05) is 0 Å². The Morgan fingerprint density at radius 3 is 0.683 bits per heavy atom. The Bertz CT molecular complexity index is 1530. The molecule has 0 saturated carbocycles. The average molecular weight is 730 g/mol. The summed E-state index contributed by atoms with van der Waals surface area (Å²) in [5.41, 5.74) is 14.9. The molecular weight excluding hydrogens is 685 g/mol. The van der Waals surface area contributed by atoms with E-state index in [1.54, 1.807) is 0 Å². The zero-order chi connectivity index (χ0) is 28.6. The molecule has 0 aromatic carbocycles. The number of rotatable bonds is 8. The number of aromatic nitrogens is 4. The second-order valence-corrected chi connectivity index (χ2v) is 10.8. The van der Waals surface area contributed by atoms with E-state index in [0.717, 1.165) is 95.5 Å². The fraction of sp³-hybridized carbons (Fsp3) is 0.444. The molecule has 4 nitrogen and oxygen atoms in total. The third-order valence-corrected chi connectivity index (χ3v) is 8.82. The molecule has 0 amide bonds. The first kappa shape index (κ1) is 31.3. The summed E-state index contributed by atoms with van der Waals surface area (Å²) in [6.07, 6.45) is 16.6. The third-order valence-electron chi connectivity index (χ3n) is 8.82. The summed E-state index contributed by atoms with van der Waals surface area (Å²) in [5, 5.41) is 4.23. The van der Waals surface area contributed by atoms with Gasteiger partial charge in [0.25, 0.3) is 0 Å². The molecule has 0 unspecified atom stereocenters. The molecule has 1 aliphatic heterocycles. The Hall–Kier alpha value is -2.66. The molecule has 0 spiro atoms. The van der Waals surface area contributed by atoms with E-state index in [9.17, 15) is 0 Å². The van der Waals surface area contributed by atoms with Gasteiger partial charge in [-0.1, -0.05) is 124 Å². The third kappa shape index (κ3) is 5.35. The van der Waals surface area contributed by atoms with Crippen molar-refractivity contribution in [2.45, 2.75) is 107 Å². The topological polar surface area (TPSA) is 56.4 Å². The van der Waals surface area contributed by atoms with Crippen LogP contribution in [0.15, 0.2) is 0 Å². The standard InChI is InChI=1S/C36H44N4.Au/c1-9-21-22(10-2)30-18-32-25(13-5)26(14-6)34(39-32)20-36-28(16-8)27(15-7)35(40-36)19-33-24(12-4)23(11-3)31(38-33)17-29(21)37-30;/h17-20H,9-16H2,1-8H3;/q-4;/b29-17-,30-18-,31-17?,32-18?,33-19?,34-20?,35-19-,36-20-;. The predicted molar refractivity (Wildman–Crippen MR) is 167 cm³/mol. The average Bonchev–Trinajstić information content (AvgIpc) is 3.67. The van der Waals surface area contributed by atoms with Crippen LogP contribution in [0.25, 0.3) is 24.3 Å². The van der Waals surface area contributed by atoms with E-state index in [4.69, 9.17) is 19.9 Å². The van der Waals surface area contributed by atoms with Gasteiger partial charge in [0.15, 0.2) is 0 Å². The fourth-order valence-electron chi connectivity index (χ4n) is 6.92. The van der Waals surface area contributed by atoms with Crippen LogP contribution in [0.5, 0.6) is 0 Å². The molecule has 1 aliphatic rings. The number of hydrogen-bond donors (Lipinski definition) is 0. The van der Waals surface area contributed by atoms with Crippen LogP contribution in [0.2, 0.25) is 0 Å². The van der Waals surface area contributed by atoms with E-state index < -0.39 is 0 Å². The Balaban J connectivity index is 0.00000387. The molecule has 5 heterocycles. The second-order valence-electron chi connectivity index (χ2n) is 10.8. The molecule has 41 heavy (non-hydrogen) atoms. The molecule has 0 N–H and O–H groups in total. The van der Waals surface area contributed by atoms with Crippen LogP contribution in [-0.4, -0.2) is 0 Å². The van der Waals surface area contributed by atoms with E-state index in [1.165, 1.54) is 44.5 Å².